The van der Waals surface area contributed by atoms with Crippen LogP contribution in [0.3, 0.4) is 0 Å². The van der Waals surface area contributed by atoms with Gasteiger partial charge in [0.15, 0.2) is 0 Å². The number of carbonyl (C=O) groups excluding carboxylic acids is 1. The van der Waals surface area contributed by atoms with Crippen LogP contribution in [0.25, 0.3) is 0 Å². The van der Waals surface area contributed by atoms with Crippen LogP contribution in [0.5, 0.6) is 0 Å². The SMILES string of the molecule is CC(=O)OCC1CCC2C3CC=C4CC(C)CCC4(C)C3CCC12C. The summed E-state index contributed by atoms with van der Waals surface area (Å²) < 4.78 is 5.44. The Morgan fingerprint density at radius 3 is 2.72 bits per heavy atom. The van der Waals surface area contributed by atoms with Crippen LogP contribution in [-0.4, -0.2) is 12.6 Å². The zero-order valence-electron chi connectivity index (χ0n) is 16.6. The van der Waals surface area contributed by atoms with Crippen LogP contribution in [-0.2, 0) is 9.53 Å². The van der Waals surface area contributed by atoms with Crippen LogP contribution in [0.2, 0.25) is 0 Å². The first-order valence-corrected chi connectivity index (χ1v) is 10.7. The zero-order valence-corrected chi connectivity index (χ0v) is 16.6. The van der Waals surface area contributed by atoms with Crippen molar-refractivity contribution in [1.82, 2.24) is 0 Å². The van der Waals surface area contributed by atoms with Gasteiger partial charge in [-0.25, -0.2) is 0 Å². The maximum atomic E-state index is 11.3. The Morgan fingerprint density at radius 2 is 1.96 bits per heavy atom. The first-order valence-electron chi connectivity index (χ1n) is 10.7. The molecular weight excluding hydrogens is 308 g/mol. The molecule has 0 radical (unpaired) electrons. The van der Waals surface area contributed by atoms with Gasteiger partial charge >= 0.3 is 5.97 Å². The summed E-state index contributed by atoms with van der Waals surface area (Å²) in [5.41, 5.74) is 2.66. The van der Waals surface area contributed by atoms with E-state index >= 15 is 0 Å². The van der Waals surface area contributed by atoms with Gasteiger partial charge in [-0.3, -0.25) is 4.79 Å². The third kappa shape index (κ3) is 2.70. The van der Waals surface area contributed by atoms with E-state index in [1.54, 1.807) is 12.5 Å². The summed E-state index contributed by atoms with van der Waals surface area (Å²) in [6.45, 7) is 9.73. The van der Waals surface area contributed by atoms with Crippen molar-refractivity contribution in [3.8, 4) is 0 Å². The van der Waals surface area contributed by atoms with Crippen LogP contribution < -0.4 is 0 Å². The number of esters is 1. The second-order valence-corrected chi connectivity index (χ2v) is 10.2. The molecule has 4 rings (SSSR count). The standard InChI is InChI=1S/C23H36O2/c1-15-9-11-22(3)17(13-15)5-7-19-20-8-6-18(14-25-16(2)24)23(20,4)12-10-21(19)22/h5,15,18-21H,6-14H2,1-4H3. The second kappa shape index (κ2) is 6.13. The molecule has 3 fully saturated rings. The summed E-state index contributed by atoms with van der Waals surface area (Å²) in [4.78, 5) is 11.3. The summed E-state index contributed by atoms with van der Waals surface area (Å²) in [6, 6.07) is 0. The van der Waals surface area contributed by atoms with E-state index in [4.69, 9.17) is 4.74 Å². The Balaban J connectivity index is 1.56. The van der Waals surface area contributed by atoms with Gasteiger partial charge in [0, 0.05) is 6.92 Å². The minimum Gasteiger partial charge on any atom is -0.466 e. The number of hydrogen-bond acceptors (Lipinski definition) is 2. The Bertz CT molecular complexity index is 579. The van der Waals surface area contributed by atoms with Gasteiger partial charge in [-0.05, 0) is 91.8 Å². The summed E-state index contributed by atoms with van der Waals surface area (Å²) in [5.74, 6) is 3.93. The van der Waals surface area contributed by atoms with Gasteiger partial charge in [0.2, 0.25) is 0 Å². The van der Waals surface area contributed by atoms with E-state index in [2.05, 4.69) is 26.8 Å². The molecular formula is C23H36O2. The van der Waals surface area contributed by atoms with Gasteiger partial charge in [0.25, 0.3) is 0 Å². The minimum absolute atomic E-state index is 0.116. The van der Waals surface area contributed by atoms with Crippen molar-refractivity contribution < 1.29 is 9.53 Å². The van der Waals surface area contributed by atoms with Crippen LogP contribution in [0.4, 0.5) is 0 Å². The quantitative estimate of drug-likeness (QED) is 0.470. The molecule has 2 nitrogen and oxygen atoms in total. The number of ether oxygens (including phenoxy) is 1. The zero-order chi connectivity index (χ0) is 17.8. The van der Waals surface area contributed by atoms with Crippen molar-refractivity contribution in [2.24, 2.45) is 40.4 Å². The van der Waals surface area contributed by atoms with Gasteiger partial charge in [-0.2, -0.15) is 0 Å². The van der Waals surface area contributed by atoms with Crippen LogP contribution >= 0.6 is 0 Å². The molecule has 0 aromatic heterocycles. The minimum atomic E-state index is -0.116. The largest absolute Gasteiger partial charge is 0.466 e. The number of fused-ring (bicyclic) bond motifs is 5. The van der Waals surface area contributed by atoms with Gasteiger partial charge in [-0.15, -0.1) is 0 Å². The first-order chi connectivity index (χ1) is 11.8. The van der Waals surface area contributed by atoms with E-state index in [1.165, 1.54) is 51.4 Å². The maximum absolute atomic E-state index is 11.3. The highest BCUT2D eigenvalue weighted by molar-refractivity contribution is 5.65. The second-order valence-electron chi connectivity index (χ2n) is 10.2. The van der Waals surface area contributed by atoms with Crippen molar-refractivity contribution in [3.05, 3.63) is 11.6 Å². The smallest absolute Gasteiger partial charge is 0.302 e. The lowest BCUT2D eigenvalue weighted by Crippen LogP contribution is -2.50. The van der Waals surface area contributed by atoms with E-state index in [0.717, 1.165) is 23.7 Å². The molecule has 0 heterocycles. The average Bonchev–Trinajstić information content (AvgIpc) is 2.90. The fourth-order valence-electron chi connectivity index (χ4n) is 7.44. The van der Waals surface area contributed by atoms with Gasteiger partial charge in [0.1, 0.15) is 0 Å². The third-order valence-electron chi connectivity index (χ3n) is 9.03. The molecule has 4 aliphatic carbocycles. The highest BCUT2D eigenvalue weighted by atomic mass is 16.5. The van der Waals surface area contributed by atoms with Gasteiger partial charge in [0.05, 0.1) is 6.61 Å². The van der Waals surface area contributed by atoms with Crippen LogP contribution in [0.1, 0.15) is 79.1 Å². The average molecular weight is 345 g/mol. The Hall–Kier alpha value is -0.790. The van der Waals surface area contributed by atoms with Crippen molar-refractivity contribution >= 4 is 5.97 Å². The first kappa shape index (κ1) is 17.6. The number of allylic oxidation sites excluding steroid dienone is 2. The molecule has 0 saturated heterocycles. The molecule has 7 unspecified atom stereocenters. The lowest BCUT2D eigenvalue weighted by molar-refractivity contribution is -0.144. The molecule has 0 bridgehead atoms. The normalized spacial score (nSPS) is 48.8. The molecule has 7 atom stereocenters. The third-order valence-corrected chi connectivity index (χ3v) is 9.03. The molecule has 4 aliphatic rings. The van der Waals surface area contributed by atoms with Crippen molar-refractivity contribution in [1.29, 1.82) is 0 Å². The van der Waals surface area contributed by atoms with Crippen molar-refractivity contribution in [2.75, 3.05) is 6.61 Å². The van der Waals surface area contributed by atoms with Crippen molar-refractivity contribution in [3.63, 3.8) is 0 Å². The Kier molecular flexibility index (Phi) is 4.32. The fourth-order valence-corrected chi connectivity index (χ4v) is 7.44. The summed E-state index contributed by atoms with van der Waals surface area (Å²) >= 11 is 0. The van der Waals surface area contributed by atoms with Gasteiger partial charge < -0.3 is 4.74 Å². The highest BCUT2D eigenvalue weighted by Gasteiger charge is 2.58. The monoisotopic (exact) mass is 344 g/mol. The Labute approximate surface area is 153 Å². The molecule has 140 valence electrons. The van der Waals surface area contributed by atoms with E-state index in [0.29, 0.717) is 23.4 Å². The van der Waals surface area contributed by atoms with E-state index < -0.39 is 0 Å². The molecule has 25 heavy (non-hydrogen) atoms. The number of rotatable bonds is 2. The topological polar surface area (TPSA) is 26.3 Å². The molecule has 3 saturated carbocycles. The predicted octanol–water partition coefficient (Wildman–Crippen LogP) is 5.76. The molecule has 0 N–H and O–H groups in total. The summed E-state index contributed by atoms with van der Waals surface area (Å²) in [7, 11) is 0. The van der Waals surface area contributed by atoms with Crippen LogP contribution in [0.15, 0.2) is 11.6 Å². The number of carbonyl (C=O) groups is 1. The fraction of sp³-hybridized carbons (Fsp3) is 0.870. The summed E-state index contributed by atoms with van der Waals surface area (Å²) in [5, 5.41) is 0. The molecule has 0 aromatic rings. The molecule has 2 heteroatoms. The molecule has 0 aromatic carbocycles. The predicted molar refractivity (Wildman–Crippen MR) is 101 cm³/mol. The lowest BCUT2D eigenvalue weighted by Gasteiger charge is -2.58. The highest BCUT2D eigenvalue weighted by Crippen LogP contribution is 2.66. The van der Waals surface area contributed by atoms with E-state index in [1.807, 2.05) is 0 Å². The Morgan fingerprint density at radius 1 is 1.16 bits per heavy atom. The van der Waals surface area contributed by atoms with E-state index in [9.17, 15) is 4.79 Å². The summed E-state index contributed by atoms with van der Waals surface area (Å²) in [6.07, 6.45) is 13.4. The van der Waals surface area contributed by atoms with Gasteiger partial charge in [-0.1, -0.05) is 32.4 Å². The number of hydrogen-bond donors (Lipinski definition) is 0. The molecule has 0 spiro atoms. The molecule has 0 amide bonds. The molecule has 0 aliphatic heterocycles. The van der Waals surface area contributed by atoms with E-state index in [-0.39, 0.29) is 5.97 Å². The van der Waals surface area contributed by atoms with Crippen molar-refractivity contribution in [2.45, 2.75) is 79.1 Å². The lowest BCUT2D eigenvalue weighted by atomic mass is 9.47. The maximum Gasteiger partial charge on any atom is 0.302 e. The van der Waals surface area contributed by atoms with Crippen LogP contribution in [0, 0.1) is 40.4 Å².